The van der Waals surface area contributed by atoms with E-state index in [0.717, 1.165) is 18.7 Å². The number of aldehydes is 1. The van der Waals surface area contributed by atoms with Gasteiger partial charge in [0, 0.05) is 5.92 Å². The lowest BCUT2D eigenvalue weighted by atomic mass is 10.3. The SMILES string of the molecule is COc1cnc(C2CC2)nc1C=O. The van der Waals surface area contributed by atoms with Crippen LogP contribution in [0.5, 0.6) is 5.75 Å². The van der Waals surface area contributed by atoms with E-state index >= 15 is 0 Å². The third-order valence-electron chi connectivity index (χ3n) is 2.08. The summed E-state index contributed by atoms with van der Waals surface area (Å²) in [7, 11) is 1.50. The normalized spacial score (nSPS) is 15.5. The zero-order valence-corrected chi connectivity index (χ0v) is 7.36. The van der Waals surface area contributed by atoms with E-state index in [1.54, 1.807) is 6.20 Å². The lowest BCUT2D eigenvalue weighted by Crippen LogP contribution is -2.00. The molecule has 0 amide bonds. The maximum atomic E-state index is 10.6. The van der Waals surface area contributed by atoms with Gasteiger partial charge in [0.15, 0.2) is 12.0 Å². The molecule has 4 nitrogen and oxygen atoms in total. The Morgan fingerprint density at radius 3 is 2.92 bits per heavy atom. The molecule has 13 heavy (non-hydrogen) atoms. The summed E-state index contributed by atoms with van der Waals surface area (Å²) >= 11 is 0. The number of aromatic nitrogens is 2. The Bertz CT molecular complexity index is 334. The second-order valence-corrected chi connectivity index (χ2v) is 3.07. The van der Waals surface area contributed by atoms with Crippen molar-refractivity contribution in [2.24, 2.45) is 0 Å². The van der Waals surface area contributed by atoms with Crippen LogP contribution >= 0.6 is 0 Å². The van der Waals surface area contributed by atoms with Crippen molar-refractivity contribution < 1.29 is 9.53 Å². The fourth-order valence-corrected chi connectivity index (χ4v) is 1.18. The van der Waals surface area contributed by atoms with Crippen molar-refractivity contribution in [2.45, 2.75) is 18.8 Å². The van der Waals surface area contributed by atoms with E-state index < -0.39 is 0 Å². The highest BCUT2D eigenvalue weighted by atomic mass is 16.5. The number of methoxy groups -OCH3 is 1. The first-order valence-electron chi connectivity index (χ1n) is 4.21. The van der Waals surface area contributed by atoms with E-state index in [0.29, 0.717) is 23.6 Å². The largest absolute Gasteiger partial charge is 0.493 e. The summed E-state index contributed by atoms with van der Waals surface area (Å²) in [6.45, 7) is 0. The first kappa shape index (κ1) is 8.16. The van der Waals surface area contributed by atoms with Gasteiger partial charge in [-0.1, -0.05) is 0 Å². The second kappa shape index (κ2) is 3.12. The first-order valence-corrected chi connectivity index (χ1v) is 4.21. The molecule has 0 aliphatic heterocycles. The number of hydrogen-bond acceptors (Lipinski definition) is 4. The van der Waals surface area contributed by atoms with Crippen LogP contribution in [0.15, 0.2) is 6.20 Å². The van der Waals surface area contributed by atoms with Crippen molar-refractivity contribution in [3.63, 3.8) is 0 Å². The Hall–Kier alpha value is -1.45. The quantitative estimate of drug-likeness (QED) is 0.652. The average Bonchev–Trinajstić information content (AvgIpc) is 3.00. The highest BCUT2D eigenvalue weighted by Gasteiger charge is 2.27. The molecule has 1 aliphatic rings. The minimum atomic E-state index is 0.347. The minimum absolute atomic E-state index is 0.347. The highest BCUT2D eigenvalue weighted by molar-refractivity contribution is 5.75. The molecule has 0 bridgehead atoms. The summed E-state index contributed by atoms with van der Waals surface area (Å²) in [4.78, 5) is 18.9. The van der Waals surface area contributed by atoms with Crippen LogP contribution in [0.1, 0.15) is 35.1 Å². The van der Waals surface area contributed by atoms with E-state index in [2.05, 4.69) is 9.97 Å². The van der Waals surface area contributed by atoms with E-state index in [1.807, 2.05) is 0 Å². The van der Waals surface area contributed by atoms with Gasteiger partial charge in [0.2, 0.25) is 0 Å². The van der Waals surface area contributed by atoms with Crippen LogP contribution in [0.3, 0.4) is 0 Å². The summed E-state index contributed by atoms with van der Waals surface area (Å²) in [5, 5.41) is 0. The third-order valence-corrected chi connectivity index (χ3v) is 2.08. The molecular formula is C9H10N2O2. The van der Waals surface area contributed by atoms with Crippen molar-refractivity contribution in [3.8, 4) is 5.75 Å². The average molecular weight is 178 g/mol. The molecule has 0 aromatic carbocycles. The molecule has 0 saturated heterocycles. The monoisotopic (exact) mass is 178 g/mol. The molecule has 1 fully saturated rings. The van der Waals surface area contributed by atoms with Crippen molar-refractivity contribution in [1.82, 2.24) is 9.97 Å². The standard InChI is InChI=1S/C9H10N2O2/c1-13-8-4-10-9(6-2-3-6)11-7(8)5-12/h4-6H,2-3H2,1H3. The van der Waals surface area contributed by atoms with Gasteiger partial charge in [0.25, 0.3) is 0 Å². The van der Waals surface area contributed by atoms with Crippen molar-refractivity contribution >= 4 is 6.29 Å². The second-order valence-electron chi connectivity index (χ2n) is 3.07. The summed E-state index contributed by atoms with van der Waals surface area (Å²) in [5.74, 6) is 1.67. The third kappa shape index (κ3) is 1.52. The van der Waals surface area contributed by atoms with Crippen LogP contribution in [0.4, 0.5) is 0 Å². The summed E-state index contributed by atoms with van der Waals surface area (Å²) in [6.07, 6.45) is 4.52. The lowest BCUT2D eigenvalue weighted by molar-refractivity contribution is 0.111. The van der Waals surface area contributed by atoms with Crippen LogP contribution < -0.4 is 4.74 Å². The molecule has 1 heterocycles. The molecule has 0 atom stereocenters. The molecule has 0 unspecified atom stereocenters. The minimum Gasteiger partial charge on any atom is -0.493 e. The van der Waals surface area contributed by atoms with Crippen molar-refractivity contribution in [2.75, 3.05) is 7.11 Å². The van der Waals surface area contributed by atoms with Crippen molar-refractivity contribution in [3.05, 3.63) is 17.7 Å². The molecule has 1 aliphatic carbocycles. The van der Waals surface area contributed by atoms with Gasteiger partial charge in [-0.15, -0.1) is 0 Å². The van der Waals surface area contributed by atoms with Crippen LogP contribution in [-0.2, 0) is 0 Å². The zero-order valence-electron chi connectivity index (χ0n) is 7.36. The van der Waals surface area contributed by atoms with Crippen LogP contribution in [-0.4, -0.2) is 23.4 Å². The maximum absolute atomic E-state index is 10.6. The molecule has 0 radical (unpaired) electrons. The smallest absolute Gasteiger partial charge is 0.172 e. The molecule has 0 N–H and O–H groups in total. The predicted molar refractivity (Wildman–Crippen MR) is 45.9 cm³/mol. The van der Waals surface area contributed by atoms with E-state index in [4.69, 9.17) is 4.74 Å². The van der Waals surface area contributed by atoms with E-state index in [-0.39, 0.29) is 0 Å². The Kier molecular flexibility index (Phi) is 1.96. The van der Waals surface area contributed by atoms with Gasteiger partial charge >= 0.3 is 0 Å². The Morgan fingerprint density at radius 2 is 2.38 bits per heavy atom. The summed E-state index contributed by atoms with van der Waals surface area (Å²) in [5.41, 5.74) is 0.347. The number of carbonyl (C=O) groups excluding carboxylic acids is 1. The number of carbonyl (C=O) groups is 1. The Morgan fingerprint density at radius 1 is 1.62 bits per heavy atom. The van der Waals surface area contributed by atoms with Gasteiger partial charge in [-0.25, -0.2) is 9.97 Å². The molecule has 2 rings (SSSR count). The van der Waals surface area contributed by atoms with Crippen LogP contribution in [0.25, 0.3) is 0 Å². The molecule has 0 spiro atoms. The van der Waals surface area contributed by atoms with E-state index in [9.17, 15) is 4.79 Å². The number of hydrogen-bond donors (Lipinski definition) is 0. The molecule has 1 aromatic rings. The van der Waals surface area contributed by atoms with Gasteiger partial charge in [0.1, 0.15) is 11.5 Å². The first-order chi connectivity index (χ1) is 6.35. The maximum Gasteiger partial charge on any atom is 0.172 e. The van der Waals surface area contributed by atoms with Gasteiger partial charge in [-0.2, -0.15) is 0 Å². The van der Waals surface area contributed by atoms with Gasteiger partial charge in [-0.05, 0) is 12.8 Å². The molecule has 1 aromatic heterocycles. The number of nitrogens with zero attached hydrogens (tertiary/aromatic N) is 2. The fourth-order valence-electron chi connectivity index (χ4n) is 1.18. The van der Waals surface area contributed by atoms with Crippen LogP contribution in [0.2, 0.25) is 0 Å². The van der Waals surface area contributed by atoms with Gasteiger partial charge < -0.3 is 4.74 Å². The topological polar surface area (TPSA) is 52.1 Å². The summed E-state index contributed by atoms with van der Waals surface area (Å²) in [6, 6.07) is 0. The van der Waals surface area contributed by atoms with Gasteiger partial charge in [-0.3, -0.25) is 4.79 Å². The molecule has 4 heteroatoms. The fraction of sp³-hybridized carbons (Fsp3) is 0.444. The van der Waals surface area contributed by atoms with Crippen molar-refractivity contribution in [1.29, 1.82) is 0 Å². The highest BCUT2D eigenvalue weighted by Crippen LogP contribution is 2.38. The Balaban J connectivity index is 2.36. The molecule has 1 saturated carbocycles. The van der Waals surface area contributed by atoms with Gasteiger partial charge in [0.05, 0.1) is 13.3 Å². The number of rotatable bonds is 3. The predicted octanol–water partition coefficient (Wildman–Crippen LogP) is 1.18. The van der Waals surface area contributed by atoms with Crippen LogP contribution in [0, 0.1) is 0 Å². The lowest BCUT2D eigenvalue weighted by Gasteiger charge is -2.02. The van der Waals surface area contributed by atoms with E-state index in [1.165, 1.54) is 7.11 Å². The number of ether oxygens (including phenoxy) is 1. The molecule has 68 valence electrons. The zero-order chi connectivity index (χ0) is 9.26. The Labute approximate surface area is 76.0 Å². The molecular weight excluding hydrogens is 168 g/mol. The summed E-state index contributed by atoms with van der Waals surface area (Å²) < 4.78 is 4.94.